The number of benzene rings is 1. The maximum atomic E-state index is 13.3. The van der Waals surface area contributed by atoms with Crippen molar-refractivity contribution in [2.24, 2.45) is 0 Å². The van der Waals surface area contributed by atoms with E-state index in [0.717, 1.165) is 37.3 Å². The molecule has 0 atom stereocenters. The molecular formula is C13H15FO2. The maximum Gasteiger partial charge on any atom is 0.335 e. The van der Waals surface area contributed by atoms with E-state index >= 15 is 0 Å². The van der Waals surface area contributed by atoms with Crippen LogP contribution in [0.2, 0.25) is 0 Å². The number of aromatic carboxylic acids is 1. The molecule has 0 saturated heterocycles. The van der Waals surface area contributed by atoms with Crippen LogP contribution >= 0.6 is 0 Å². The second kappa shape index (κ2) is 4.64. The molecule has 1 aromatic carbocycles. The van der Waals surface area contributed by atoms with Crippen LogP contribution in [0, 0.1) is 5.82 Å². The van der Waals surface area contributed by atoms with Crippen molar-refractivity contribution < 1.29 is 14.3 Å². The summed E-state index contributed by atoms with van der Waals surface area (Å²) in [6.45, 7) is 0. The summed E-state index contributed by atoms with van der Waals surface area (Å²) >= 11 is 0. The number of carboxylic acids is 1. The Balaban J connectivity index is 2.28. The van der Waals surface area contributed by atoms with Gasteiger partial charge in [-0.05, 0) is 42.5 Å². The van der Waals surface area contributed by atoms with E-state index in [-0.39, 0.29) is 5.56 Å². The lowest BCUT2D eigenvalue weighted by Crippen LogP contribution is -2.07. The summed E-state index contributed by atoms with van der Waals surface area (Å²) in [5, 5.41) is 8.87. The zero-order valence-electron chi connectivity index (χ0n) is 9.08. The monoisotopic (exact) mass is 222 g/mol. The molecule has 0 aliphatic heterocycles. The quantitative estimate of drug-likeness (QED) is 0.830. The van der Waals surface area contributed by atoms with Gasteiger partial charge in [0.25, 0.3) is 0 Å². The Morgan fingerprint density at radius 1 is 1.19 bits per heavy atom. The molecule has 0 unspecified atom stereocenters. The predicted molar refractivity (Wildman–Crippen MR) is 59.2 cm³/mol. The molecule has 1 aliphatic rings. The van der Waals surface area contributed by atoms with Crippen LogP contribution in [0.5, 0.6) is 0 Å². The summed E-state index contributed by atoms with van der Waals surface area (Å²) in [7, 11) is 0. The topological polar surface area (TPSA) is 37.3 Å². The minimum atomic E-state index is -1.06. The molecule has 0 bridgehead atoms. The molecule has 1 N–H and O–H groups in total. The number of halogens is 1. The van der Waals surface area contributed by atoms with E-state index in [9.17, 15) is 9.18 Å². The van der Waals surface area contributed by atoms with Gasteiger partial charge in [0.05, 0.1) is 5.56 Å². The van der Waals surface area contributed by atoms with Gasteiger partial charge in [0.1, 0.15) is 5.82 Å². The molecule has 1 saturated carbocycles. The highest BCUT2D eigenvalue weighted by molar-refractivity contribution is 5.87. The smallest absolute Gasteiger partial charge is 0.335 e. The van der Waals surface area contributed by atoms with Crippen LogP contribution in [0.3, 0.4) is 0 Å². The zero-order chi connectivity index (χ0) is 11.5. The summed E-state index contributed by atoms with van der Waals surface area (Å²) in [5.41, 5.74) is 0.901. The molecule has 3 heteroatoms. The van der Waals surface area contributed by atoms with Crippen LogP contribution in [-0.4, -0.2) is 11.1 Å². The van der Waals surface area contributed by atoms with Gasteiger partial charge < -0.3 is 5.11 Å². The van der Waals surface area contributed by atoms with E-state index in [0.29, 0.717) is 5.92 Å². The van der Waals surface area contributed by atoms with Crippen LogP contribution < -0.4 is 0 Å². The minimum absolute atomic E-state index is 0.0561. The average molecular weight is 222 g/mol. The van der Waals surface area contributed by atoms with Gasteiger partial charge >= 0.3 is 5.97 Å². The highest BCUT2D eigenvalue weighted by atomic mass is 19.1. The molecule has 1 fully saturated rings. The van der Waals surface area contributed by atoms with Crippen molar-refractivity contribution >= 4 is 5.97 Å². The maximum absolute atomic E-state index is 13.3. The Bertz CT molecular complexity index is 395. The first kappa shape index (κ1) is 11.1. The summed E-state index contributed by atoms with van der Waals surface area (Å²) in [6.07, 6.45) is 5.63. The van der Waals surface area contributed by atoms with E-state index in [1.54, 1.807) is 6.07 Å². The average Bonchev–Trinajstić information content (AvgIpc) is 2.29. The Kier molecular flexibility index (Phi) is 3.22. The number of rotatable bonds is 2. The second-order valence-corrected chi connectivity index (χ2v) is 4.41. The summed E-state index contributed by atoms with van der Waals surface area (Å²) < 4.78 is 13.3. The Hall–Kier alpha value is -1.38. The molecule has 2 nitrogen and oxygen atoms in total. The minimum Gasteiger partial charge on any atom is -0.478 e. The van der Waals surface area contributed by atoms with Gasteiger partial charge in [0.2, 0.25) is 0 Å². The largest absolute Gasteiger partial charge is 0.478 e. The van der Waals surface area contributed by atoms with Crippen molar-refractivity contribution in [2.45, 2.75) is 38.0 Å². The fraction of sp³-hybridized carbons (Fsp3) is 0.462. The summed E-state index contributed by atoms with van der Waals surface area (Å²) in [4.78, 5) is 10.8. The molecule has 0 aromatic heterocycles. The van der Waals surface area contributed by atoms with Crippen molar-refractivity contribution in [3.05, 3.63) is 35.1 Å². The lowest BCUT2D eigenvalue weighted by Gasteiger charge is -2.22. The standard InChI is InChI=1S/C13H15FO2/c14-12-7-10(6-11(8-12)13(15)16)9-4-2-1-3-5-9/h6-9H,1-5H2,(H,15,16). The fourth-order valence-electron chi connectivity index (χ4n) is 2.41. The summed E-state index contributed by atoms with van der Waals surface area (Å²) in [6, 6.07) is 4.17. The van der Waals surface area contributed by atoms with Crippen molar-refractivity contribution in [3.63, 3.8) is 0 Å². The summed E-state index contributed by atoms with van der Waals surface area (Å²) in [5.74, 6) is -1.17. The van der Waals surface area contributed by atoms with E-state index in [1.165, 1.54) is 12.5 Å². The SMILES string of the molecule is O=C(O)c1cc(F)cc(C2CCCCC2)c1. The van der Waals surface area contributed by atoms with Crippen LogP contribution in [0.25, 0.3) is 0 Å². The normalized spacial score (nSPS) is 17.3. The van der Waals surface area contributed by atoms with Gasteiger partial charge in [0, 0.05) is 0 Å². The van der Waals surface area contributed by atoms with Gasteiger partial charge in [0.15, 0.2) is 0 Å². The molecule has 1 aromatic rings. The van der Waals surface area contributed by atoms with Crippen molar-refractivity contribution in [3.8, 4) is 0 Å². The molecule has 86 valence electrons. The van der Waals surface area contributed by atoms with E-state index < -0.39 is 11.8 Å². The lowest BCUT2D eigenvalue weighted by molar-refractivity contribution is 0.0696. The highest BCUT2D eigenvalue weighted by Gasteiger charge is 2.17. The van der Waals surface area contributed by atoms with Crippen LogP contribution in [0.1, 0.15) is 53.9 Å². The van der Waals surface area contributed by atoms with Gasteiger partial charge in [-0.2, -0.15) is 0 Å². The molecule has 1 aliphatic carbocycles. The number of hydrogen-bond acceptors (Lipinski definition) is 1. The highest BCUT2D eigenvalue weighted by Crippen LogP contribution is 2.33. The van der Waals surface area contributed by atoms with Crippen LogP contribution in [0.15, 0.2) is 18.2 Å². The van der Waals surface area contributed by atoms with Gasteiger partial charge in [-0.1, -0.05) is 19.3 Å². The molecule has 0 heterocycles. The van der Waals surface area contributed by atoms with E-state index in [2.05, 4.69) is 0 Å². The molecular weight excluding hydrogens is 207 g/mol. The van der Waals surface area contributed by atoms with Crippen molar-refractivity contribution in [1.29, 1.82) is 0 Å². The van der Waals surface area contributed by atoms with Crippen molar-refractivity contribution in [2.75, 3.05) is 0 Å². The van der Waals surface area contributed by atoms with Crippen LogP contribution in [-0.2, 0) is 0 Å². The zero-order valence-corrected chi connectivity index (χ0v) is 9.08. The van der Waals surface area contributed by atoms with Crippen molar-refractivity contribution in [1.82, 2.24) is 0 Å². The molecule has 0 amide bonds. The molecule has 16 heavy (non-hydrogen) atoms. The Morgan fingerprint density at radius 3 is 2.50 bits per heavy atom. The number of hydrogen-bond donors (Lipinski definition) is 1. The predicted octanol–water partition coefficient (Wildman–Crippen LogP) is 3.57. The first-order valence-corrected chi connectivity index (χ1v) is 5.70. The lowest BCUT2D eigenvalue weighted by atomic mass is 9.83. The number of carbonyl (C=O) groups is 1. The number of carboxylic acid groups (broad SMARTS) is 1. The second-order valence-electron chi connectivity index (χ2n) is 4.41. The third-order valence-corrected chi connectivity index (χ3v) is 3.24. The molecule has 0 spiro atoms. The van der Waals surface area contributed by atoms with Crippen LogP contribution in [0.4, 0.5) is 4.39 Å². The molecule has 2 rings (SSSR count). The first-order valence-electron chi connectivity index (χ1n) is 5.70. The Labute approximate surface area is 94.1 Å². The molecule has 0 radical (unpaired) electrons. The fourth-order valence-corrected chi connectivity index (χ4v) is 2.41. The van der Waals surface area contributed by atoms with E-state index in [4.69, 9.17) is 5.11 Å². The van der Waals surface area contributed by atoms with E-state index in [1.807, 2.05) is 0 Å². The Morgan fingerprint density at radius 2 is 1.88 bits per heavy atom. The van der Waals surface area contributed by atoms with Gasteiger partial charge in [-0.3, -0.25) is 0 Å². The first-order chi connectivity index (χ1) is 7.66. The van der Waals surface area contributed by atoms with Gasteiger partial charge in [-0.25, -0.2) is 9.18 Å². The van der Waals surface area contributed by atoms with Gasteiger partial charge in [-0.15, -0.1) is 0 Å². The third-order valence-electron chi connectivity index (χ3n) is 3.24. The third kappa shape index (κ3) is 2.40.